The van der Waals surface area contributed by atoms with E-state index in [9.17, 15) is 17.2 Å². The van der Waals surface area contributed by atoms with E-state index in [1.807, 2.05) is 0 Å². The number of sulfonamides is 1. The number of nitrogens with zero attached hydrogens (tertiary/aromatic N) is 2. The zero-order valence-corrected chi connectivity index (χ0v) is 13.0. The lowest BCUT2D eigenvalue weighted by molar-refractivity contribution is 0.555. The Hall–Kier alpha value is -2.71. The normalized spacial score (nSPS) is 11.5. The van der Waals surface area contributed by atoms with Crippen LogP contribution in [0.5, 0.6) is 0 Å². The van der Waals surface area contributed by atoms with Gasteiger partial charge in [-0.25, -0.2) is 22.3 Å². The molecule has 0 saturated heterocycles. The van der Waals surface area contributed by atoms with E-state index in [4.69, 9.17) is 5.14 Å². The highest BCUT2D eigenvalue weighted by atomic mass is 32.2. The van der Waals surface area contributed by atoms with Crippen LogP contribution < -0.4 is 5.14 Å². The number of hydrogen-bond donors (Lipinski definition) is 1. The first kappa shape index (κ1) is 16.2. The average Bonchev–Trinajstić information content (AvgIpc) is 2.56. The van der Waals surface area contributed by atoms with Gasteiger partial charge in [-0.05, 0) is 24.3 Å². The first-order valence-corrected chi connectivity index (χ1v) is 8.30. The molecule has 0 aliphatic heterocycles. The van der Waals surface area contributed by atoms with Gasteiger partial charge in [0.05, 0.1) is 5.69 Å². The number of aromatic nitrogens is 2. The second-order valence-corrected chi connectivity index (χ2v) is 6.48. The number of pyridine rings is 2. The SMILES string of the molecule is NS(=O)(=O)c1cc(F)c(-c2ncccc2-c2cccnc2)cc1F. The van der Waals surface area contributed by atoms with Crippen LogP contribution in [-0.2, 0) is 10.0 Å². The maximum absolute atomic E-state index is 14.4. The first-order chi connectivity index (χ1) is 11.4. The maximum Gasteiger partial charge on any atom is 0.241 e. The fourth-order valence-corrected chi connectivity index (χ4v) is 2.90. The molecule has 0 saturated carbocycles. The molecule has 2 heterocycles. The van der Waals surface area contributed by atoms with Crippen LogP contribution in [0.3, 0.4) is 0 Å². The van der Waals surface area contributed by atoms with E-state index in [0.29, 0.717) is 17.2 Å². The molecule has 122 valence electrons. The second-order valence-electron chi connectivity index (χ2n) is 4.95. The van der Waals surface area contributed by atoms with Gasteiger partial charge >= 0.3 is 0 Å². The van der Waals surface area contributed by atoms with Gasteiger partial charge in [0.15, 0.2) is 0 Å². The minimum absolute atomic E-state index is 0.167. The number of nitrogens with two attached hydrogens (primary N) is 1. The van der Waals surface area contributed by atoms with Crippen molar-refractivity contribution >= 4 is 10.0 Å². The molecule has 2 N–H and O–H groups in total. The quantitative estimate of drug-likeness (QED) is 0.789. The van der Waals surface area contributed by atoms with Gasteiger partial charge in [0, 0.05) is 35.3 Å². The highest BCUT2D eigenvalue weighted by Crippen LogP contribution is 2.33. The summed E-state index contributed by atoms with van der Waals surface area (Å²) >= 11 is 0. The summed E-state index contributed by atoms with van der Waals surface area (Å²) in [7, 11) is -4.36. The Morgan fingerprint density at radius 1 is 0.958 bits per heavy atom. The molecule has 0 spiro atoms. The van der Waals surface area contributed by atoms with Crippen molar-refractivity contribution in [3.8, 4) is 22.4 Å². The Labute approximate surface area is 136 Å². The first-order valence-electron chi connectivity index (χ1n) is 6.75. The number of benzene rings is 1. The topological polar surface area (TPSA) is 85.9 Å². The van der Waals surface area contributed by atoms with Crippen molar-refractivity contribution in [1.29, 1.82) is 0 Å². The third-order valence-electron chi connectivity index (χ3n) is 3.36. The largest absolute Gasteiger partial charge is 0.264 e. The molecule has 0 atom stereocenters. The minimum atomic E-state index is -4.36. The van der Waals surface area contributed by atoms with Gasteiger partial charge in [0.2, 0.25) is 10.0 Å². The molecule has 3 aromatic rings. The average molecular weight is 347 g/mol. The van der Waals surface area contributed by atoms with Crippen LogP contribution in [0.2, 0.25) is 0 Å². The molecular weight excluding hydrogens is 336 g/mol. The monoisotopic (exact) mass is 347 g/mol. The van der Waals surface area contributed by atoms with Crippen LogP contribution in [0.4, 0.5) is 8.78 Å². The number of primary sulfonamides is 1. The molecule has 5 nitrogen and oxygen atoms in total. The summed E-state index contributed by atoms with van der Waals surface area (Å²) in [6.07, 6.45) is 4.58. The van der Waals surface area contributed by atoms with Crippen molar-refractivity contribution in [1.82, 2.24) is 9.97 Å². The third-order valence-corrected chi connectivity index (χ3v) is 4.29. The fourth-order valence-electron chi connectivity index (χ4n) is 2.30. The summed E-state index contributed by atoms with van der Waals surface area (Å²) in [5, 5.41) is 4.88. The Balaban J connectivity index is 2.23. The summed E-state index contributed by atoms with van der Waals surface area (Å²) in [6.45, 7) is 0. The van der Waals surface area contributed by atoms with Gasteiger partial charge in [-0.3, -0.25) is 9.97 Å². The molecule has 0 radical (unpaired) electrons. The predicted molar refractivity (Wildman–Crippen MR) is 84.2 cm³/mol. The third kappa shape index (κ3) is 3.01. The Morgan fingerprint density at radius 3 is 2.38 bits per heavy atom. The van der Waals surface area contributed by atoms with E-state index in [1.165, 1.54) is 6.20 Å². The van der Waals surface area contributed by atoms with Gasteiger partial charge in [-0.1, -0.05) is 12.1 Å². The van der Waals surface area contributed by atoms with E-state index in [2.05, 4.69) is 9.97 Å². The summed E-state index contributed by atoms with van der Waals surface area (Å²) in [5.74, 6) is -2.08. The van der Waals surface area contributed by atoms with Gasteiger partial charge in [-0.15, -0.1) is 0 Å². The number of hydrogen-bond acceptors (Lipinski definition) is 4. The lowest BCUT2D eigenvalue weighted by atomic mass is 10.0. The highest BCUT2D eigenvalue weighted by Gasteiger charge is 2.21. The Bertz CT molecular complexity index is 1010. The standard InChI is InChI=1S/C16H11F2N3O2S/c17-13-8-15(24(19,22)23)14(18)7-12(13)16-11(4-2-6-21-16)10-3-1-5-20-9-10/h1-9H,(H2,19,22,23). The van der Waals surface area contributed by atoms with Gasteiger partial charge in [-0.2, -0.15) is 0 Å². The van der Waals surface area contributed by atoms with Crippen molar-refractivity contribution in [3.05, 3.63) is 66.6 Å². The fraction of sp³-hybridized carbons (Fsp3) is 0. The molecule has 0 amide bonds. The zero-order chi connectivity index (χ0) is 17.3. The molecule has 0 bridgehead atoms. The molecular formula is C16H11F2N3O2S. The van der Waals surface area contributed by atoms with Crippen LogP contribution in [0, 0.1) is 11.6 Å². The molecule has 0 aliphatic rings. The van der Waals surface area contributed by atoms with Crippen molar-refractivity contribution in [3.63, 3.8) is 0 Å². The minimum Gasteiger partial charge on any atom is -0.264 e. The molecule has 1 aromatic carbocycles. The van der Waals surface area contributed by atoms with E-state index in [1.54, 1.807) is 36.7 Å². The van der Waals surface area contributed by atoms with Crippen molar-refractivity contribution in [2.45, 2.75) is 4.90 Å². The smallest absolute Gasteiger partial charge is 0.241 e. The second kappa shape index (κ2) is 6.06. The lowest BCUT2D eigenvalue weighted by Gasteiger charge is -2.11. The number of rotatable bonds is 3. The summed E-state index contributed by atoms with van der Waals surface area (Å²) in [4.78, 5) is 7.19. The summed E-state index contributed by atoms with van der Waals surface area (Å²) in [5.41, 5.74) is 1.20. The molecule has 0 aliphatic carbocycles. The van der Waals surface area contributed by atoms with E-state index in [-0.39, 0.29) is 11.3 Å². The predicted octanol–water partition coefficient (Wildman–Crippen LogP) is 2.74. The van der Waals surface area contributed by atoms with Crippen LogP contribution >= 0.6 is 0 Å². The van der Waals surface area contributed by atoms with Crippen molar-refractivity contribution in [2.24, 2.45) is 5.14 Å². The van der Waals surface area contributed by atoms with Crippen LogP contribution in [0.25, 0.3) is 22.4 Å². The highest BCUT2D eigenvalue weighted by molar-refractivity contribution is 7.89. The van der Waals surface area contributed by atoms with E-state index < -0.39 is 26.6 Å². The zero-order valence-electron chi connectivity index (χ0n) is 12.1. The number of halogens is 2. The Morgan fingerprint density at radius 2 is 1.71 bits per heavy atom. The Kier molecular flexibility index (Phi) is 4.08. The lowest BCUT2D eigenvalue weighted by Crippen LogP contribution is -2.14. The van der Waals surface area contributed by atoms with Gasteiger partial charge < -0.3 is 0 Å². The van der Waals surface area contributed by atoms with Gasteiger partial charge in [0.25, 0.3) is 0 Å². The molecule has 0 unspecified atom stereocenters. The summed E-state index contributed by atoms with van der Waals surface area (Å²) in [6, 6.07) is 8.12. The summed E-state index contributed by atoms with van der Waals surface area (Å²) < 4.78 is 51.1. The van der Waals surface area contributed by atoms with Crippen molar-refractivity contribution in [2.75, 3.05) is 0 Å². The molecule has 0 fully saturated rings. The maximum atomic E-state index is 14.4. The van der Waals surface area contributed by atoms with Crippen LogP contribution in [0.15, 0.2) is 59.9 Å². The molecule has 8 heteroatoms. The molecule has 3 rings (SSSR count). The van der Waals surface area contributed by atoms with Crippen LogP contribution in [0.1, 0.15) is 0 Å². The van der Waals surface area contributed by atoms with Gasteiger partial charge in [0.1, 0.15) is 16.5 Å². The van der Waals surface area contributed by atoms with E-state index >= 15 is 0 Å². The molecule has 2 aromatic heterocycles. The molecule has 24 heavy (non-hydrogen) atoms. The van der Waals surface area contributed by atoms with Crippen LogP contribution in [-0.4, -0.2) is 18.4 Å². The van der Waals surface area contributed by atoms with Crippen molar-refractivity contribution < 1.29 is 17.2 Å². The van der Waals surface area contributed by atoms with E-state index in [0.717, 1.165) is 6.07 Å².